The van der Waals surface area contributed by atoms with Gasteiger partial charge in [-0.25, -0.2) is 8.42 Å². The van der Waals surface area contributed by atoms with Crippen molar-refractivity contribution >= 4 is 27.1 Å². The third kappa shape index (κ3) is 4.71. The Hall–Kier alpha value is -1.86. The Morgan fingerprint density at radius 2 is 1.89 bits per heavy atom. The van der Waals surface area contributed by atoms with E-state index in [1.807, 2.05) is 50.4 Å². The van der Waals surface area contributed by atoms with Crippen LogP contribution in [0.2, 0.25) is 0 Å². The topological polar surface area (TPSA) is 63.7 Å². The number of sulfone groups is 1. The molecule has 5 nitrogen and oxygen atoms in total. The molecule has 2 aromatic rings. The van der Waals surface area contributed by atoms with Crippen molar-refractivity contribution < 1.29 is 17.9 Å². The molecule has 0 radical (unpaired) electrons. The Bertz CT molecular complexity index is 913. The van der Waals surface area contributed by atoms with Crippen LogP contribution in [0.3, 0.4) is 0 Å². The fourth-order valence-corrected chi connectivity index (χ4v) is 6.04. The number of amides is 1. The van der Waals surface area contributed by atoms with Crippen LogP contribution in [-0.2, 0) is 21.2 Å². The maximum atomic E-state index is 13.0. The summed E-state index contributed by atoms with van der Waals surface area (Å²) >= 11 is 1.59. The van der Waals surface area contributed by atoms with E-state index in [2.05, 4.69) is 0 Å². The summed E-state index contributed by atoms with van der Waals surface area (Å²) in [6.07, 6.45) is 0.488. The van der Waals surface area contributed by atoms with Gasteiger partial charge in [-0.15, -0.1) is 11.3 Å². The molecule has 1 amide bonds. The number of hydrogen-bond acceptors (Lipinski definition) is 5. The first-order valence-corrected chi connectivity index (χ1v) is 11.7. The van der Waals surface area contributed by atoms with E-state index in [0.29, 0.717) is 13.0 Å². The third-order valence-electron chi connectivity index (χ3n) is 5.00. The molecular weight excluding hydrogens is 382 g/mol. The van der Waals surface area contributed by atoms with Gasteiger partial charge in [0.1, 0.15) is 5.75 Å². The average molecular weight is 408 g/mol. The number of thiophene rings is 1. The van der Waals surface area contributed by atoms with Gasteiger partial charge in [0.25, 0.3) is 5.91 Å². The minimum atomic E-state index is -3.07. The summed E-state index contributed by atoms with van der Waals surface area (Å²) in [6.45, 7) is 6.24. The first-order chi connectivity index (χ1) is 12.8. The molecule has 1 saturated heterocycles. The van der Waals surface area contributed by atoms with Crippen LogP contribution < -0.4 is 4.74 Å². The molecule has 2 heterocycles. The van der Waals surface area contributed by atoms with Crippen LogP contribution in [0.4, 0.5) is 0 Å². The summed E-state index contributed by atoms with van der Waals surface area (Å²) in [6, 6.07) is 7.58. The van der Waals surface area contributed by atoms with Gasteiger partial charge in [-0.2, -0.15) is 0 Å². The smallest absolute Gasteiger partial charge is 0.261 e. The molecule has 0 spiro atoms. The first kappa shape index (κ1) is 19.9. The molecule has 0 bridgehead atoms. The molecule has 1 fully saturated rings. The van der Waals surface area contributed by atoms with E-state index in [-0.39, 0.29) is 30.1 Å². The van der Waals surface area contributed by atoms with E-state index >= 15 is 0 Å². The first-order valence-electron chi connectivity index (χ1n) is 8.99. The number of carbonyl (C=O) groups excluding carboxylic acids is 1. The quantitative estimate of drug-likeness (QED) is 0.737. The SMILES string of the molecule is Cc1ccsc1CN(C(=O)COc1c(C)cccc1C)[C@H]1CCS(=O)(=O)C1. The van der Waals surface area contributed by atoms with E-state index in [4.69, 9.17) is 4.74 Å². The number of benzene rings is 1. The minimum absolute atomic E-state index is 0.0343. The Morgan fingerprint density at radius 1 is 1.19 bits per heavy atom. The lowest BCUT2D eigenvalue weighted by Crippen LogP contribution is -2.43. The predicted octanol–water partition coefficient (Wildman–Crippen LogP) is 3.27. The van der Waals surface area contributed by atoms with Gasteiger partial charge in [-0.1, -0.05) is 18.2 Å². The monoisotopic (exact) mass is 407 g/mol. The van der Waals surface area contributed by atoms with Crippen molar-refractivity contribution in [1.82, 2.24) is 4.90 Å². The lowest BCUT2D eigenvalue weighted by Gasteiger charge is -2.28. The highest BCUT2D eigenvalue weighted by molar-refractivity contribution is 7.91. The molecule has 1 aromatic carbocycles. The molecule has 0 N–H and O–H groups in total. The standard InChI is InChI=1S/C20H25NO4S2/c1-14-7-9-26-18(14)11-21(17-8-10-27(23,24)13-17)19(22)12-25-20-15(2)5-4-6-16(20)3/h4-7,9,17H,8,10-13H2,1-3H3/t17-/m0/s1. The van der Waals surface area contributed by atoms with E-state index in [1.165, 1.54) is 0 Å². The molecule has 146 valence electrons. The molecule has 1 aliphatic rings. The molecule has 3 rings (SSSR count). The second kappa shape index (κ2) is 8.02. The molecule has 0 unspecified atom stereocenters. The van der Waals surface area contributed by atoms with Crippen molar-refractivity contribution in [3.63, 3.8) is 0 Å². The maximum absolute atomic E-state index is 13.0. The molecule has 1 aromatic heterocycles. The largest absolute Gasteiger partial charge is 0.483 e. The summed E-state index contributed by atoms with van der Waals surface area (Å²) in [7, 11) is -3.07. The zero-order chi connectivity index (χ0) is 19.6. The van der Waals surface area contributed by atoms with E-state index < -0.39 is 9.84 Å². The van der Waals surface area contributed by atoms with Crippen molar-refractivity contribution in [3.05, 3.63) is 51.2 Å². The zero-order valence-electron chi connectivity index (χ0n) is 15.9. The van der Waals surface area contributed by atoms with Crippen molar-refractivity contribution in [1.29, 1.82) is 0 Å². The van der Waals surface area contributed by atoms with E-state index in [9.17, 15) is 13.2 Å². The van der Waals surface area contributed by atoms with Crippen LogP contribution in [-0.4, -0.2) is 43.4 Å². The van der Waals surface area contributed by atoms with Gasteiger partial charge in [0.2, 0.25) is 0 Å². The van der Waals surface area contributed by atoms with Crippen LogP contribution in [0.5, 0.6) is 5.75 Å². The summed E-state index contributed by atoms with van der Waals surface area (Å²) in [5.74, 6) is 0.722. The van der Waals surface area contributed by atoms with Crippen molar-refractivity contribution in [3.8, 4) is 5.75 Å². The van der Waals surface area contributed by atoms with Crippen LogP contribution in [0.15, 0.2) is 29.6 Å². The third-order valence-corrected chi connectivity index (χ3v) is 7.76. The van der Waals surface area contributed by atoms with Gasteiger partial charge in [0.15, 0.2) is 16.4 Å². The molecule has 1 aliphatic heterocycles. The predicted molar refractivity (Wildman–Crippen MR) is 108 cm³/mol. The molecular formula is C20H25NO4S2. The van der Waals surface area contributed by atoms with Crippen LogP contribution in [0, 0.1) is 20.8 Å². The lowest BCUT2D eigenvalue weighted by molar-refractivity contribution is -0.135. The van der Waals surface area contributed by atoms with Gasteiger partial charge >= 0.3 is 0 Å². The number of ether oxygens (including phenoxy) is 1. The highest BCUT2D eigenvalue weighted by Gasteiger charge is 2.35. The Balaban J connectivity index is 1.77. The van der Waals surface area contributed by atoms with Crippen LogP contribution >= 0.6 is 11.3 Å². The summed E-state index contributed by atoms with van der Waals surface area (Å²) < 4.78 is 29.7. The zero-order valence-corrected chi connectivity index (χ0v) is 17.5. The Labute approximate surface area is 164 Å². The fraction of sp³-hybridized carbons (Fsp3) is 0.450. The van der Waals surface area contributed by atoms with Gasteiger partial charge in [0, 0.05) is 10.9 Å². The van der Waals surface area contributed by atoms with Gasteiger partial charge in [-0.3, -0.25) is 4.79 Å². The van der Waals surface area contributed by atoms with Gasteiger partial charge in [0.05, 0.1) is 18.1 Å². The highest BCUT2D eigenvalue weighted by Crippen LogP contribution is 2.26. The second-order valence-corrected chi connectivity index (χ2v) is 10.3. The molecule has 27 heavy (non-hydrogen) atoms. The van der Waals surface area contributed by atoms with Crippen LogP contribution in [0.25, 0.3) is 0 Å². The highest BCUT2D eigenvalue weighted by atomic mass is 32.2. The summed E-state index contributed by atoms with van der Waals surface area (Å²) in [5, 5.41) is 1.99. The maximum Gasteiger partial charge on any atom is 0.261 e. The minimum Gasteiger partial charge on any atom is -0.483 e. The van der Waals surface area contributed by atoms with Crippen molar-refractivity contribution in [2.24, 2.45) is 0 Å². The number of carbonyl (C=O) groups is 1. The normalized spacial score (nSPS) is 18.4. The average Bonchev–Trinajstić information content (AvgIpc) is 3.16. The number of para-hydroxylation sites is 1. The number of hydrogen-bond donors (Lipinski definition) is 0. The van der Waals surface area contributed by atoms with Crippen molar-refractivity contribution in [2.75, 3.05) is 18.1 Å². The molecule has 0 saturated carbocycles. The second-order valence-electron chi connectivity index (χ2n) is 7.11. The number of rotatable bonds is 6. The number of aryl methyl sites for hydroxylation is 3. The van der Waals surface area contributed by atoms with E-state index in [1.54, 1.807) is 16.2 Å². The lowest BCUT2D eigenvalue weighted by atomic mass is 10.1. The van der Waals surface area contributed by atoms with Gasteiger partial charge in [-0.05, 0) is 55.3 Å². The summed E-state index contributed by atoms with van der Waals surface area (Å²) in [4.78, 5) is 15.8. The van der Waals surface area contributed by atoms with E-state index in [0.717, 1.165) is 27.3 Å². The van der Waals surface area contributed by atoms with Crippen molar-refractivity contribution in [2.45, 2.75) is 39.8 Å². The van der Waals surface area contributed by atoms with Gasteiger partial charge < -0.3 is 9.64 Å². The number of nitrogens with zero attached hydrogens (tertiary/aromatic N) is 1. The Morgan fingerprint density at radius 3 is 2.44 bits per heavy atom. The molecule has 1 atom stereocenters. The molecule has 7 heteroatoms. The van der Waals surface area contributed by atoms with Crippen LogP contribution in [0.1, 0.15) is 28.0 Å². The fourth-order valence-electron chi connectivity index (χ4n) is 3.41. The molecule has 0 aliphatic carbocycles. The Kier molecular flexibility index (Phi) is 5.91. The summed E-state index contributed by atoms with van der Waals surface area (Å²) in [5.41, 5.74) is 3.08.